The Kier molecular flexibility index (Phi) is 4.79. The van der Waals surface area contributed by atoms with Crippen molar-refractivity contribution in [2.75, 3.05) is 32.8 Å². The van der Waals surface area contributed by atoms with E-state index in [4.69, 9.17) is 4.74 Å². The lowest BCUT2D eigenvalue weighted by molar-refractivity contribution is -0.144. The molecule has 1 amide bonds. The van der Waals surface area contributed by atoms with Crippen molar-refractivity contribution in [1.29, 1.82) is 0 Å². The number of hydrogen-bond donors (Lipinski definition) is 1. The summed E-state index contributed by atoms with van der Waals surface area (Å²) in [4.78, 5) is 14.5. The van der Waals surface area contributed by atoms with Crippen LogP contribution in [0, 0.1) is 5.41 Å². The van der Waals surface area contributed by atoms with Gasteiger partial charge in [0.05, 0.1) is 6.61 Å². The second-order valence-corrected chi connectivity index (χ2v) is 6.87. The van der Waals surface area contributed by atoms with Crippen molar-refractivity contribution in [2.24, 2.45) is 5.41 Å². The minimum Gasteiger partial charge on any atom is -0.366 e. The Balaban J connectivity index is 1.53. The third kappa shape index (κ3) is 3.68. The van der Waals surface area contributed by atoms with Gasteiger partial charge >= 0.3 is 0 Å². The fraction of sp³-hybridized carbons (Fsp3) is 0.611. The van der Waals surface area contributed by atoms with E-state index in [1.165, 1.54) is 5.56 Å². The lowest BCUT2D eigenvalue weighted by Crippen LogP contribution is -2.49. The molecule has 0 aromatic heterocycles. The average Bonchev–Trinajstić information content (AvgIpc) is 2.97. The topological polar surface area (TPSA) is 41.6 Å². The molecular formula is C18H26N2O2. The van der Waals surface area contributed by atoms with E-state index in [-0.39, 0.29) is 17.4 Å². The first-order chi connectivity index (χ1) is 10.7. The normalized spacial score (nSPS) is 28.8. The summed E-state index contributed by atoms with van der Waals surface area (Å²) in [5.41, 5.74) is 1.61. The number of aryl methyl sites for hydroxylation is 1. The average molecular weight is 302 g/mol. The third-order valence-corrected chi connectivity index (χ3v) is 4.93. The zero-order valence-corrected chi connectivity index (χ0v) is 13.4. The molecule has 0 radical (unpaired) electrons. The Morgan fingerprint density at radius 3 is 2.95 bits per heavy atom. The fourth-order valence-corrected chi connectivity index (χ4v) is 3.43. The number of carbonyl (C=O) groups excluding carboxylic acids is 1. The van der Waals surface area contributed by atoms with E-state index >= 15 is 0 Å². The number of likely N-dealkylation sites (tertiary alicyclic amines) is 1. The van der Waals surface area contributed by atoms with Gasteiger partial charge in [-0.25, -0.2) is 0 Å². The molecule has 0 saturated carbocycles. The molecule has 0 spiro atoms. The van der Waals surface area contributed by atoms with Gasteiger partial charge in [0.15, 0.2) is 0 Å². The van der Waals surface area contributed by atoms with Gasteiger partial charge in [0.2, 0.25) is 0 Å². The number of benzene rings is 1. The number of morpholine rings is 1. The number of amides is 1. The molecule has 2 atom stereocenters. The molecular weight excluding hydrogens is 276 g/mol. The monoisotopic (exact) mass is 302 g/mol. The molecule has 0 aliphatic carbocycles. The second kappa shape index (κ2) is 6.80. The van der Waals surface area contributed by atoms with Crippen LogP contribution in [0.3, 0.4) is 0 Å². The van der Waals surface area contributed by atoms with Crippen molar-refractivity contribution >= 4 is 5.91 Å². The number of carbonyl (C=O) groups is 1. The molecule has 120 valence electrons. The number of nitrogens with one attached hydrogen (secondary N) is 1. The number of hydrogen-bond acceptors (Lipinski definition) is 3. The van der Waals surface area contributed by atoms with E-state index in [2.05, 4.69) is 42.6 Å². The highest BCUT2D eigenvalue weighted by Gasteiger charge is 2.38. The minimum absolute atomic E-state index is 0.163. The molecule has 1 N–H and O–H groups in total. The van der Waals surface area contributed by atoms with Crippen LogP contribution in [0.5, 0.6) is 0 Å². The van der Waals surface area contributed by atoms with E-state index in [1.807, 2.05) is 4.90 Å². The SMILES string of the molecule is CC1(CCc2ccccc2)CCN(C(=O)C2CNCCO2)C1. The summed E-state index contributed by atoms with van der Waals surface area (Å²) < 4.78 is 5.60. The van der Waals surface area contributed by atoms with Gasteiger partial charge in [-0.2, -0.15) is 0 Å². The van der Waals surface area contributed by atoms with Crippen LogP contribution in [0.4, 0.5) is 0 Å². The Morgan fingerprint density at radius 2 is 2.23 bits per heavy atom. The van der Waals surface area contributed by atoms with Crippen molar-refractivity contribution in [3.63, 3.8) is 0 Å². The van der Waals surface area contributed by atoms with Gasteiger partial charge in [-0.1, -0.05) is 37.3 Å². The van der Waals surface area contributed by atoms with Crippen LogP contribution in [-0.2, 0) is 16.0 Å². The molecule has 1 aromatic rings. The summed E-state index contributed by atoms with van der Waals surface area (Å²) in [6.07, 6.45) is 3.02. The number of nitrogens with zero attached hydrogens (tertiary/aromatic N) is 1. The zero-order valence-electron chi connectivity index (χ0n) is 13.4. The molecule has 4 heteroatoms. The van der Waals surface area contributed by atoms with Crippen LogP contribution in [0.25, 0.3) is 0 Å². The van der Waals surface area contributed by atoms with Gasteiger partial charge in [0.1, 0.15) is 6.10 Å². The van der Waals surface area contributed by atoms with Crippen LogP contribution < -0.4 is 5.32 Å². The summed E-state index contributed by atoms with van der Waals surface area (Å²) in [7, 11) is 0. The highest BCUT2D eigenvalue weighted by molar-refractivity contribution is 5.81. The largest absolute Gasteiger partial charge is 0.366 e. The minimum atomic E-state index is -0.287. The van der Waals surface area contributed by atoms with E-state index in [9.17, 15) is 4.79 Å². The van der Waals surface area contributed by atoms with E-state index < -0.39 is 0 Å². The molecule has 2 heterocycles. The van der Waals surface area contributed by atoms with Crippen LogP contribution in [0.15, 0.2) is 30.3 Å². The van der Waals surface area contributed by atoms with Crippen LogP contribution >= 0.6 is 0 Å². The molecule has 2 aliphatic rings. The fourth-order valence-electron chi connectivity index (χ4n) is 3.43. The quantitative estimate of drug-likeness (QED) is 0.923. The molecule has 2 unspecified atom stereocenters. The summed E-state index contributed by atoms with van der Waals surface area (Å²) in [5, 5.41) is 3.23. The van der Waals surface area contributed by atoms with Gasteiger partial charge in [-0.3, -0.25) is 4.79 Å². The van der Waals surface area contributed by atoms with Gasteiger partial charge in [-0.15, -0.1) is 0 Å². The van der Waals surface area contributed by atoms with Crippen LogP contribution in [0.2, 0.25) is 0 Å². The summed E-state index contributed by atoms with van der Waals surface area (Å²) in [6.45, 7) is 6.16. The summed E-state index contributed by atoms with van der Waals surface area (Å²) >= 11 is 0. The van der Waals surface area contributed by atoms with Crippen LogP contribution in [-0.4, -0.2) is 49.7 Å². The van der Waals surface area contributed by atoms with Crippen LogP contribution in [0.1, 0.15) is 25.3 Å². The highest BCUT2D eigenvalue weighted by atomic mass is 16.5. The van der Waals surface area contributed by atoms with E-state index in [0.717, 1.165) is 38.9 Å². The molecule has 3 rings (SSSR count). The van der Waals surface area contributed by atoms with Crippen molar-refractivity contribution in [3.8, 4) is 0 Å². The van der Waals surface area contributed by atoms with Gasteiger partial charge in [0.25, 0.3) is 5.91 Å². The van der Waals surface area contributed by atoms with E-state index in [1.54, 1.807) is 0 Å². The molecule has 2 saturated heterocycles. The Hall–Kier alpha value is -1.39. The maximum absolute atomic E-state index is 12.5. The van der Waals surface area contributed by atoms with Gasteiger partial charge in [-0.05, 0) is 30.2 Å². The zero-order chi connectivity index (χ0) is 15.4. The molecule has 22 heavy (non-hydrogen) atoms. The molecule has 2 fully saturated rings. The lowest BCUT2D eigenvalue weighted by atomic mass is 9.83. The molecule has 1 aromatic carbocycles. The molecule has 0 bridgehead atoms. The third-order valence-electron chi connectivity index (χ3n) is 4.93. The van der Waals surface area contributed by atoms with E-state index in [0.29, 0.717) is 13.2 Å². The van der Waals surface area contributed by atoms with Crippen molar-refractivity contribution < 1.29 is 9.53 Å². The van der Waals surface area contributed by atoms with Crippen molar-refractivity contribution in [1.82, 2.24) is 10.2 Å². The Labute approximate surface area is 132 Å². The highest BCUT2D eigenvalue weighted by Crippen LogP contribution is 2.35. The predicted molar refractivity (Wildman–Crippen MR) is 86.7 cm³/mol. The second-order valence-electron chi connectivity index (χ2n) is 6.87. The predicted octanol–water partition coefficient (Wildman–Crippen LogP) is 1.85. The molecule has 2 aliphatic heterocycles. The summed E-state index contributed by atoms with van der Waals surface area (Å²) in [6, 6.07) is 10.6. The smallest absolute Gasteiger partial charge is 0.253 e. The first-order valence-corrected chi connectivity index (χ1v) is 8.31. The lowest BCUT2D eigenvalue weighted by Gasteiger charge is -2.29. The molecule has 4 nitrogen and oxygen atoms in total. The van der Waals surface area contributed by atoms with Gasteiger partial charge < -0.3 is 15.0 Å². The summed E-state index contributed by atoms with van der Waals surface area (Å²) in [5.74, 6) is 0.163. The first-order valence-electron chi connectivity index (χ1n) is 8.31. The maximum atomic E-state index is 12.5. The number of ether oxygens (including phenoxy) is 1. The first kappa shape index (κ1) is 15.5. The Bertz CT molecular complexity index is 499. The maximum Gasteiger partial charge on any atom is 0.253 e. The number of rotatable bonds is 4. The van der Waals surface area contributed by atoms with Crippen molar-refractivity contribution in [3.05, 3.63) is 35.9 Å². The van der Waals surface area contributed by atoms with Gasteiger partial charge in [0, 0.05) is 26.2 Å². The Morgan fingerprint density at radius 1 is 1.41 bits per heavy atom. The standard InChI is InChI=1S/C18H26N2O2/c1-18(8-7-15-5-3-2-4-6-15)9-11-20(14-18)17(21)16-13-19-10-12-22-16/h2-6,16,19H,7-14H2,1H3. The van der Waals surface area contributed by atoms with Crippen molar-refractivity contribution in [2.45, 2.75) is 32.3 Å².